The molecule has 0 bridgehead atoms. The van der Waals surface area contributed by atoms with E-state index in [1.807, 2.05) is 0 Å². The highest BCUT2D eigenvalue weighted by Crippen LogP contribution is 2.28. The van der Waals surface area contributed by atoms with Crippen LogP contribution in [0.25, 0.3) is 0 Å². The molecule has 0 radical (unpaired) electrons. The third-order valence-corrected chi connectivity index (χ3v) is 3.43. The molecule has 2 aromatic carbocycles. The number of rotatable bonds is 4. The average molecular weight is 301 g/mol. The van der Waals surface area contributed by atoms with Gasteiger partial charge in [0.1, 0.15) is 18.2 Å². The van der Waals surface area contributed by atoms with Crippen molar-refractivity contribution in [2.45, 2.75) is 13.2 Å². The SMILES string of the molecule is OCc1c(Cl)cccc1OCc1cccc(F)c1Cl. The average Bonchev–Trinajstić information content (AvgIpc) is 2.40. The molecule has 0 spiro atoms. The highest BCUT2D eigenvalue weighted by molar-refractivity contribution is 6.31. The van der Waals surface area contributed by atoms with Crippen LogP contribution in [0, 0.1) is 5.82 Å². The van der Waals surface area contributed by atoms with Crippen LogP contribution in [0.3, 0.4) is 0 Å². The van der Waals surface area contributed by atoms with Crippen molar-refractivity contribution in [2.75, 3.05) is 0 Å². The highest BCUT2D eigenvalue weighted by atomic mass is 35.5. The third-order valence-electron chi connectivity index (χ3n) is 2.65. The maximum atomic E-state index is 13.3. The summed E-state index contributed by atoms with van der Waals surface area (Å²) in [5.41, 5.74) is 1.03. The smallest absolute Gasteiger partial charge is 0.142 e. The maximum absolute atomic E-state index is 13.3. The lowest BCUT2D eigenvalue weighted by molar-refractivity contribution is 0.259. The van der Waals surface area contributed by atoms with Gasteiger partial charge in [-0.2, -0.15) is 0 Å². The molecular formula is C14H11Cl2FO2. The number of aliphatic hydroxyl groups is 1. The van der Waals surface area contributed by atoms with E-state index in [1.54, 1.807) is 30.3 Å². The van der Waals surface area contributed by atoms with Gasteiger partial charge in [-0.05, 0) is 18.2 Å². The number of ether oxygens (including phenoxy) is 1. The molecule has 0 aliphatic rings. The molecule has 0 saturated carbocycles. The molecule has 5 heteroatoms. The molecule has 19 heavy (non-hydrogen) atoms. The molecule has 100 valence electrons. The highest BCUT2D eigenvalue weighted by Gasteiger charge is 2.10. The predicted molar refractivity (Wildman–Crippen MR) is 73.1 cm³/mol. The van der Waals surface area contributed by atoms with Gasteiger partial charge < -0.3 is 9.84 Å². The van der Waals surface area contributed by atoms with Crippen molar-refractivity contribution in [3.05, 3.63) is 63.4 Å². The van der Waals surface area contributed by atoms with Gasteiger partial charge in [0.25, 0.3) is 0 Å². The largest absolute Gasteiger partial charge is 0.488 e. The molecule has 2 aromatic rings. The van der Waals surface area contributed by atoms with Crippen molar-refractivity contribution in [1.29, 1.82) is 0 Å². The minimum Gasteiger partial charge on any atom is -0.488 e. The molecule has 0 amide bonds. The van der Waals surface area contributed by atoms with Crippen LogP contribution < -0.4 is 4.74 Å². The van der Waals surface area contributed by atoms with Gasteiger partial charge in [-0.15, -0.1) is 0 Å². The van der Waals surface area contributed by atoms with Crippen molar-refractivity contribution < 1.29 is 14.2 Å². The van der Waals surface area contributed by atoms with Crippen LogP contribution in [-0.4, -0.2) is 5.11 Å². The first kappa shape index (κ1) is 14.1. The molecule has 0 aliphatic carbocycles. The fourth-order valence-electron chi connectivity index (χ4n) is 1.64. The Hall–Kier alpha value is -1.29. The summed E-state index contributed by atoms with van der Waals surface area (Å²) in [5.74, 6) is -0.0356. The van der Waals surface area contributed by atoms with Crippen LogP contribution in [-0.2, 0) is 13.2 Å². The second-order valence-corrected chi connectivity index (χ2v) is 4.66. The first-order chi connectivity index (χ1) is 9.13. The summed E-state index contributed by atoms with van der Waals surface area (Å²) in [5, 5.41) is 9.70. The van der Waals surface area contributed by atoms with E-state index in [0.717, 1.165) is 0 Å². The van der Waals surface area contributed by atoms with Gasteiger partial charge in [0.15, 0.2) is 0 Å². The molecule has 0 aliphatic heterocycles. The van der Waals surface area contributed by atoms with Gasteiger partial charge in [-0.3, -0.25) is 0 Å². The summed E-state index contributed by atoms with van der Waals surface area (Å²) in [4.78, 5) is 0. The summed E-state index contributed by atoms with van der Waals surface area (Å²) in [6.45, 7) is -0.129. The Morgan fingerprint density at radius 3 is 2.58 bits per heavy atom. The zero-order valence-electron chi connectivity index (χ0n) is 9.87. The zero-order valence-corrected chi connectivity index (χ0v) is 11.4. The molecule has 2 rings (SSSR count). The number of hydrogen-bond acceptors (Lipinski definition) is 2. The van der Waals surface area contributed by atoms with Gasteiger partial charge in [0, 0.05) is 16.1 Å². The summed E-state index contributed by atoms with van der Waals surface area (Å²) in [6.07, 6.45) is 0. The summed E-state index contributed by atoms with van der Waals surface area (Å²) in [7, 11) is 0. The third kappa shape index (κ3) is 3.18. The first-order valence-corrected chi connectivity index (χ1v) is 6.33. The minimum atomic E-state index is -0.490. The zero-order chi connectivity index (χ0) is 13.8. The van der Waals surface area contributed by atoms with E-state index >= 15 is 0 Å². The lowest BCUT2D eigenvalue weighted by Gasteiger charge is -2.12. The van der Waals surface area contributed by atoms with E-state index in [-0.39, 0.29) is 18.2 Å². The Bertz CT molecular complexity index is 588. The molecule has 0 heterocycles. The van der Waals surface area contributed by atoms with E-state index in [4.69, 9.17) is 27.9 Å². The Kier molecular flexibility index (Phi) is 4.64. The molecule has 1 N–H and O–H groups in total. The molecule has 0 unspecified atom stereocenters. The summed E-state index contributed by atoms with van der Waals surface area (Å²) < 4.78 is 18.8. The maximum Gasteiger partial charge on any atom is 0.142 e. The van der Waals surface area contributed by atoms with Crippen molar-refractivity contribution in [3.8, 4) is 5.75 Å². The number of halogens is 3. The van der Waals surface area contributed by atoms with Crippen LogP contribution in [0.5, 0.6) is 5.75 Å². The molecule has 0 saturated heterocycles. The van der Waals surface area contributed by atoms with E-state index in [0.29, 0.717) is 21.9 Å². The van der Waals surface area contributed by atoms with Crippen molar-refractivity contribution >= 4 is 23.2 Å². The van der Waals surface area contributed by atoms with Crippen LogP contribution in [0.1, 0.15) is 11.1 Å². The molecular weight excluding hydrogens is 290 g/mol. The molecule has 0 atom stereocenters. The van der Waals surface area contributed by atoms with E-state index in [1.165, 1.54) is 6.07 Å². The Labute approximate surface area is 120 Å². The first-order valence-electron chi connectivity index (χ1n) is 5.57. The Morgan fingerprint density at radius 1 is 1.11 bits per heavy atom. The normalized spacial score (nSPS) is 10.5. The van der Waals surface area contributed by atoms with Gasteiger partial charge in [0.2, 0.25) is 0 Å². The van der Waals surface area contributed by atoms with Gasteiger partial charge in [-0.25, -0.2) is 4.39 Å². The molecule has 2 nitrogen and oxygen atoms in total. The standard InChI is InChI=1S/C14H11Cl2FO2/c15-11-4-2-6-13(10(11)7-18)19-8-9-3-1-5-12(17)14(9)16/h1-6,18H,7-8H2. The van der Waals surface area contributed by atoms with Crippen molar-refractivity contribution in [3.63, 3.8) is 0 Å². The van der Waals surface area contributed by atoms with Gasteiger partial charge >= 0.3 is 0 Å². The van der Waals surface area contributed by atoms with E-state index in [9.17, 15) is 9.50 Å². The molecule has 0 fully saturated rings. The van der Waals surface area contributed by atoms with Crippen LogP contribution >= 0.6 is 23.2 Å². The van der Waals surface area contributed by atoms with Crippen molar-refractivity contribution in [1.82, 2.24) is 0 Å². The predicted octanol–water partition coefficient (Wildman–Crippen LogP) is 4.20. The number of hydrogen-bond donors (Lipinski definition) is 1. The van der Waals surface area contributed by atoms with Crippen LogP contribution in [0.15, 0.2) is 36.4 Å². The summed E-state index contributed by atoms with van der Waals surface area (Å²) >= 11 is 11.8. The van der Waals surface area contributed by atoms with Crippen LogP contribution in [0.2, 0.25) is 10.0 Å². The Balaban J connectivity index is 2.19. The van der Waals surface area contributed by atoms with E-state index < -0.39 is 5.82 Å². The lowest BCUT2D eigenvalue weighted by atomic mass is 10.2. The quantitative estimate of drug-likeness (QED) is 0.917. The number of benzene rings is 2. The monoisotopic (exact) mass is 300 g/mol. The van der Waals surface area contributed by atoms with Crippen molar-refractivity contribution in [2.24, 2.45) is 0 Å². The second kappa shape index (κ2) is 6.24. The van der Waals surface area contributed by atoms with Gasteiger partial charge in [-0.1, -0.05) is 41.4 Å². The second-order valence-electron chi connectivity index (χ2n) is 3.88. The topological polar surface area (TPSA) is 29.5 Å². The lowest BCUT2D eigenvalue weighted by Crippen LogP contribution is -2.00. The fourth-order valence-corrected chi connectivity index (χ4v) is 2.05. The minimum absolute atomic E-state index is 0.0371. The Morgan fingerprint density at radius 2 is 1.84 bits per heavy atom. The number of aliphatic hydroxyl groups excluding tert-OH is 1. The molecule has 0 aromatic heterocycles. The van der Waals surface area contributed by atoms with Crippen LogP contribution in [0.4, 0.5) is 4.39 Å². The van der Waals surface area contributed by atoms with Gasteiger partial charge in [0.05, 0.1) is 11.6 Å². The fraction of sp³-hybridized carbons (Fsp3) is 0.143. The summed E-state index contributed by atoms with van der Waals surface area (Å²) in [6, 6.07) is 9.58. The van der Waals surface area contributed by atoms with E-state index in [2.05, 4.69) is 0 Å².